The Kier molecular flexibility index (Phi) is 10.9. The third kappa shape index (κ3) is 8.01. The molecule has 0 aliphatic carbocycles. The molecule has 0 bridgehead atoms. The van der Waals surface area contributed by atoms with Crippen molar-refractivity contribution >= 4 is 58.2 Å². The Balaban J connectivity index is 1.59. The monoisotopic (exact) mass is 658 g/mol. The number of carbonyl (C=O) groups is 6. The first-order valence-electron chi connectivity index (χ1n) is 14.7. The number of ether oxygens (including phenoxy) is 2. The summed E-state index contributed by atoms with van der Waals surface area (Å²) in [5, 5.41) is 26.6. The highest BCUT2D eigenvalue weighted by Crippen LogP contribution is 2.34. The van der Waals surface area contributed by atoms with E-state index in [1.165, 1.54) is 40.2 Å². The summed E-state index contributed by atoms with van der Waals surface area (Å²) in [6.45, 7) is 5.86. The van der Waals surface area contributed by atoms with Crippen molar-refractivity contribution in [2.24, 2.45) is 20.5 Å². The van der Waals surface area contributed by atoms with Crippen LogP contribution in [0.3, 0.4) is 0 Å². The summed E-state index contributed by atoms with van der Waals surface area (Å²) >= 11 is 0. The van der Waals surface area contributed by atoms with Gasteiger partial charge in [-0.1, -0.05) is 0 Å². The average molecular weight is 659 g/mol. The van der Waals surface area contributed by atoms with Gasteiger partial charge in [0.05, 0.1) is 14.2 Å². The number of rotatable bonds is 11. The van der Waals surface area contributed by atoms with Crippen LogP contribution in [0.1, 0.15) is 40.5 Å². The number of nitrogens with one attached hydrogen (secondary N) is 4. The largest absolute Gasteiger partial charge is 0.494 e. The van der Waals surface area contributed by atoms with Crippen molar-refractivity contribution in [2.75, 3.05) is 24.9 Å². The molecule has 4 N–H and O–H groups in total. The van der Waals surface area contributed by atoms with Crippen molar-refractivity contribution in [1.29, 1.82) is 0 Å². The van der Waals surface area contributed by atoms with Crippen LogP contribution in [0.15, 0.2) is 79.1 Å². The van der Waals surface area contributed by atoms with Crippen molar-refractivity contribution < 1.29 is 38.2 Å². The number of hydrogen-bond donors (Lipinski definition) is 4. The third-order valence-electron chi connectivity index (χ3n) is 7.48. The van der Waals surface area contributed by atoms with Gasteiger partial charge in [-0.2, -0.15) is 20.5 Å². The van der Waals surface area contributed by atoms with Gasteiger partial charge in [0.25, 0.3) is 23.6 Å². The maximum Gasteiger partial charge on any atom is 0.257 e. The fourth-order valence-corrected chi connectivity index (χ4v) is 5.08. The molecule has 2 aliphatic rings. The minimum atomic E-state index is -1.16. The van der Waals surface area contributed by atoms with Gasteiger partial charge < -0.3 is 20.1 Å². The van der Waals surface area contributed by atoms with Crippen LogP contribution in [0, 0.1) is 0 Å². The summed E-state index contributed by atoms with van der Waals surface area (Å²) in [5.41, 5.74) is 2.47. The van der Waals surface area contributed by atoms with E-state index in [0.717, 1.165) is 0 Å². The first kappa shape index (κ1) is 34.8. The van der Waals surface area contributed by atoms with Crippen LogP contribution in [0.5, 0.6) is 11.5 Å². The molecule has 16 heteroatoms. The number of nitrogens with zero attached hydrogens (tertiary/aromatic N) is 4. The van der Waals surface area contributed by atoms with Crippen LogP contribution in [-0.4, -0.2) is 61.7 Å². The lowest BCUT2D eigenvalue weighted by molar-refractivity contribution is -0.131. The second kappa shape index (κ2) is 15.0. The second-order valence-corrected chi connectivity index (χ2v) is 10.8. The molecule has 0 saturated carbocycles. The standard InChI is InChI=1S/C32H34N8O8/c1-15-21(29(43)35-31(45)27(15)39-37-23-13-19(33-17(3)41)7-11-25(23)47-5)9-10-22-16(2)28(32(46)36-30(22)44)40-38-24-14-20(34-18(4)42)8-12-26(24)48-6/h7-8,11-14,27-28H,9-10H2,1-6H3,(H,33,41)(H,34,42)(H,35,43,45)(H,36,44,46). The zero-order chi connectivity index (χ0) is 35.1. The van der Waals surface area contributed by atoms with E-state index in [9.17, 15) is 28.8 Å². The van der Waals surface area contributed by atoms with Gasteiger partial charge in [0.15, 0.2) is 12.1 Å². The number of carbonyl (C=O) groups excluding carboxylic acids is 6. The van der Waals surface area contributed by atoms with Crippen LogP contribution in [0.25, 0.3) is 0 Å². The van der Waals surface area contributed by atoms with Crippen molar-refractivity contribution in [3.05, 3.63) is 58.7 Å². The van der Waals surface area contributed by atoms with Gasteiger partial charge in [0.1, 0.15) is 22.9 Å². The Morgan fingerprint density at radius 3 is 1.40 bits per heavy atom. The Bertz CT molecular complexity index is 1700. The summed E-state index contributed by atoms with van der Waals surface area (Å²) in [6.07, 6.45) is 0.0616. The molecule has 4 rings (SSSR count). The lowest BCUT2D eigenvalue weighted by Gasteiger charge is -2.25. The highest BCUT2D eigenvalue weighted by Gasteiger charge is 2.35. The maximum absolute atomic E-state index is 12.9. The second-order valence-electron chi connectivity index (χ2n) is 10.8. The van der Waals surface area contributed by atoms with E-state index in [4.69, 9.17) is 9.47 Å². The van der Waals surface area contributed by atoms with Gasteiger partial charge in [-0.25, -0.2) is 0 Å². The number of benzene rings is 2. The smallest absolute Gasteiger partial charge is 0.257 e. The SMILES string of the molecule is COc1ccc(NC(C)=O)cc1N=NC1C(=O)NC(=O)C(CCC2=C(C)C(N=Nc3cc(NC(C)=O)ccc3OC)C(=O)NC2=O)=C1C. The molecule has 2 aliphatic heterocycles. The van der Waals surface area contributed by atoms with Gasteiger partial charge in [-0.3, -0.25) is 39.4 Å². The van der Waals surface area contributed by atoms with Gasteiger partial charge in [0.2, 0.25) is 11.8 Å². The van der Waals surface area contributed by atoms with E-state index < -0.39 is 35.7 Å². The predicted molar refractivity (Wildman–Crippen MR) is 172 cm³/mol. The first-order valence-corrected chi connectivity index (χ1v) is 14.7. The van der Waals surface area contributed by atoms with Crippen molar-refractivity contribution in [3.63, 3.8) is 0 Å². The minimum Gasteiger partial charge on any atom is -0.494 e. The fourth-order valence-electron chi connectivity index (χ4n) is 5.08. The predicted octanol–water partition coefficient (Wildman–Crippen LogP) is 3.95. The molecule has 48 heavy (non-hydrogen) atoms. The molecule has 0 fully saturated rings. The number of amides is 6. The molecule has 2 unspecified atom stereocenters. The zero-order valence-corrected chi connectivity index (χ0v) is 27.1. The van der Waals surface area contributed by atoms with E-state index in [1.54, 1.807) is 38.1 Å². The molecule has 250 valence electrons. The molecule has 2 heterocycles. The van der Waals surface area contributed by atoms with Crippen LogP contribution in [0.2, 0.25) is 0 Å². The molecule has 2 atom stereocenters. The number of hydrogen-bond acceptors (Lipinski definition) is 12. The Morgan fingerprint density at radius 1 is 0.688 bits per heavy atom. The third-order valence-corrected chi connectivity index (χ3v) is 7.48. The Hall–Kier alpha value is -6.06. The topological polar surface area (TPSA) is 218 Å². The molecule has 0 spiro atoms. The van der Waals surface area contributed by atoms with E-state index >= 15 is 0 Å². The van der Waals surface area contributed by atoms with Gasteiger partial charge >= 0.3 is 0 Å². The molecular formula is C32H34N8O8. The van der Waals surface area contributed by atoms with Crippen molar-refractivity contribution in [2.45, 2.75) is 52.6 Å². The van der Waals surface area contributed by atoms with Gasteiger partial charge in [-0.05, 0) is 74.2 Å². The maximum atomic E-state index is 12.9. The zero-order valence-electron chi connectivity index (χ0n) is 27.1. The number of imide groups is 2. The summed E-state index contributed by atoms with van der Waals surface area (Å²) < 4.78 is 10.6. The Labute approximate surface area is 275 Å². The average Bonchev–Trinajstić information content (AvgIpc) is 3.01. The van der Waals surface area contributed by atoms with E-state index in [1.807, 2.05) is 0 Å². The van der Waals surface area contributed by atoms with Gasteiger partial charge in [-0.15, -0.1) is 0 Å². The molecule has 16 nitrogen and oxygen atoms in total. The fraction of sp³-hybridized carbons (Fsp3) is 0.312. The van der Waals surface area contributed by atoms with E-state index in [-0.39, 0.29) is 47.2 Å². The molecule has 2 aromatic carbocycles. The summed E-state index contributed by atoms with van der Waals surface area (Å²) in [4.78, 5) is 74.3. The molecule has 6 amide bonds. The quantitative estimate of drug-likeness (QED) is 0.204. The molecule has 0 aromatic heterocycles. The first-order chi connectivity index (χ1) is 22.8. The number of methoxy groups -OCH3 is 2. The molecule has 0 saturated heterocycles. The summed E-state index contributed by atoms with van der Waals surface area (Å²) in [5.74, 6) is -2.54. The Morgan fingerprint density at radius 2 is 1.06 bits per heavy atom. The van der Waals surface area contributed by atoms with E-state index in [2.05, 4.69) is 41.7 Å². The summed E-state index contributed by atoms with van der Waals surface area (Å²) in [7, 11) is 2.86. The molecule has 0 radical (unpaired) electrons. The highest BCUT2D eigenvalue weighted by atomic mass is 16.5. The molecular weight excluding hydrogens is 624 g/mol. The van der Waals surface area contributed by atoms with Crippen molar-refractivity contribution in [3.8, 4) is 11.5 Å². The van der Waals surface area contributed by atoms with Crippen LogP contribution >= 0.6 is 0 Å². The summed E-state index contributed by atoms with van der Waals surface area (Å²) in [6, 6.07) is 7.14. The van der Waals surface area contributed by atoms with Crippen LogP contribution < -0.4 is 30.7 Å². The normalized spacial score (nSPS) is 18.3. The number of anilines is 2. The van der Waals surface area contributed by atoms with Crippen molar-refractivity contribution in [1.82, 2.24) is 10.6 Å². The number of azo groups is 2. The lowest BCUT2D eigenvalue weighted by Crippen LogP contribution is -2.45. The lowest BCUT2D eigenvalue weighted by atomic mass is 9.89. The van der Waals surface area contributed by atoms with Crippen LogP contribution in [-0.2, 0) is 28.8 Å². The minimum absolute atomic E-state index is 0.0308. The van der Waals surface area contributed by atoms with Crippen LogP contribution in [0.4, 0.5) is 22.7 Å². The highest BCUT2D eigenvalue weighted by molar-refractivity contribution is 6.12. The molecule has 2 aromatic rings. The van der Waals surface area contributed by atoms with Gasteiger partial charge in [0, 0.05) is 36.4 Å². The van der Waals surface area contributed by atoms with E-state index in [0.29, 0.717) is 34.0 Å².